The van der Waals surface area contributed by atoms with Gasteiger partial charge in [-0.15, -0.1) is 0 Å². The lowest BCUT2D eigenvalue weighted by atomic mass is 10.3. The monoisotopic (exact) mass is 222 g/mol. The van der Waals surface area contributed by atoms with Crippen LogP contribution in [0.25, 0.3) is 33.4 Å². The summed E-state index contributed by atoms with van der Waals surface area (Å²) in [5.41, 5.74) is 3.30. The van der Waals surface area contributed by atoms with Crippen LogP contribution >= 0.6 is 0 Å². The molecule has 0 N–H and O–H groups in total. The van der Waals surface area contributed by atoms with E-state index >= 15 is 0 Å². The first-order valence-electron chi connectivity index (χ1n) is 5.17. The molecule has 5 nitrogen and oxygen atoms in total. The van der Waals surface area contributed by atoms with Crippen molar-refractivity contribution in [3.05, 3.63) is 36.8 Å². The predicted octanol–water partition coefficient (Wildman–Crippen LogP) is 2.32. The highest BCUT2D eigenvalue weighted by atomic mass is 16.3. The zero-order chi connectivity index (χ0) is 11.2. The number of hydrogen-bond acceptors (Lipinski definition) is 5. The standard InChI is InChI=1S/C12H6N4O/c1-2-8-11(14-4-1)16-10-7-3-5-13-6-9(7)17-12(10)15-8/h1-6H. The van der Waals surface area contributed by atoms with Crippen molar-refractivity contribution < 1.29 is 4.42 Å². The summed E-state index contributed by atoms with van der Waals surface area (Å²) >= 11 is 0. The molecule has 4 rings (SSSR count). The molecule has 4 aromatic rings. The van der Waals surface area contributed by atoms with Gasteiger partial charge in [0.25, 0.3) is 0 Å². The summed E-state index contributed by atoms with van der Waals surface area (Å²) in [4.78, 5) is 17.1. The fourth-order valence-corrected chi connectivity index (χ4v) is 1.89. The van der Waals surface area contributed by atoms with Gasteiger partial charge in [-0.25, -0.2) is 15.0 Å². The second-order valence-electron chi connectivity index (χ2n) is 3.70. The third-order valence-corrected chi connectivity index (χ3v) is 2.65. The highest BCUT2D eigenvalue weighted by Crippen LogP contribution is 2.25. The summed E-state index contributed by atoms with van der Waals surface area (Å²) < 4.78 is 5.60. The molecule has 0 unspecified atom stereocenters. The number of pyridine rings is 2. The van der Waals surface area contributed by atoms with E-state index in [2.05, 4.69) is 19.9 Å². The first-order chi connectivity index (χ1) is 8.42. The number of fused-ring (bicyclic) bond motifs is 4. The van der Waals surface area contributed by atoms with Crippen molar-refractivity contribution in [3.8, 4) is 0 Å². The molecule has 17 heavy (non-hydrogen) atoms. The van der Waals surface area contributed by atoms with Crippen LogP contribution in [0.1, 0.15) is 0 Å². The van der Waals surface area contributed by atoms with Crippen LogP contribution in [0.5, 0.6) is 0 Å². The summed E-state index contributed by atoms with van der Waals surface area (Å²) in [5.74, 6) is 0. The van der Waals surface area contributed by atoms with E-state index in [1.54, 1.807) is 18.6 Å². The SMILES string of the molecule is c1cnc2nc3c(nc2c1)oc1cnccc13. The minimum atomic E-state index is 0.522. The average molecular weight is 222 g/mol. The van der Waals surface area contributed by atoms with Crippen molar-refractivity contribution >= 4 is 33.4 Å². The summed E-state index contributed by atoms with van der Waals surface area (Å²) in [6.07, 6.45) is 5.07. The van der Waals surface area contributed by atoms with E-state index in [1.807, 2.05) is 18.2 Å². The van der Waals surface area contributed by atoms with Crippen molar-refractivity contribution in [2.45, 2.75) is 0 Å². The van der Waals surface area contributed by atoms with E-state index in [-0.39, 0.29) is 0 Å². The lowest BCUT2D eigenvalue weighted by Gasteiger charge is -1.93. The summed E-state index contributed by atoms with van der Waals surface area (Å²) in [6.45, 7) is 0. The lowest BCUT2D eigenvalue weighted by molar-refractivity contribution is 0.653. The van der Waals surface area contributed by atoms with E-state index in [9.17, 15) is 0 Å². The molecule has 0 amide bonds. The number of nitrogens with zero attached hydrogens (tertiary/aromatic N) is 4. The number of furan rings is 1. The Hall–Kier alpha value is -2.56. The van der Waals surface area contributed by atoms with Gasteiger partial charge in [0.05, 0.1) is 11.6 Å². The highest BCUT2D eigenvalue weighted by molar-refractivity contribution is 6.02. The molecular weight excluding hydrogens is 216 g/mol. The molecule has 4 heterocycles. The fourth-order valence-electron chi connectivity index (χ4n) is 1.89. The Kier molecular flexibility index (Phi) is 1.50. The normalized spacial score (nSPS) is 11.5. The third-order valence-electron chi connectivity index (χ3n) is 2.65. The lowest BCUT2D eigenvalue weighted by Crippen LogP contribution is -1.86. The van der Waals surface area contributed by atoms with Gasteiger partial charge in [-0.3, -0.25) is 4.98 Å². The fraction of sp³-hybridized carbons (Fsp3) is 0. The molecule has 0 atom stereocenters. The average Bonchev–Trinajstić information content (AvgIpc) is 2.73. The van der Waals surface area contributed by atoms with E-state index in [1.165, 1.54) is 0 Å². The van der Waals surface area contributed by atoms with E-state index < -0.39 is 0 Å². The first kappa shape index (κ1) is 8.58. The minimum Gasteiger partial charge on any atom is -0.435 e. The zero-order valence-corrected chi connectivity index (χ0v) is 8.66. The molecule has 0 spiro atoms. The molecular formula is C12H6N4O. The van der Waals surface area contributed by atoms with E-state index in [0.29, 0.717) is 16.9 Å². The molecule has 0 aliphatic rings. The largest absolute Gasteiger partial charge is 0.435 e. The molecule has 0 aromatic carbocycles. The number of aromatic nitrogens is 4. The number of rotatable bonds is 0. The Morgan fingerprint density at radius 2 is 2.06 bits per heavy atom. The molecule has 0 aliphatic heterocycles. The zero-order valence-electron chi connectivity index (χ0n) is 8.66. The number of hydrogen-bond donors (Lipinski definition) is 0. The van der Waals surface area contributed by atoms with Gasteiger partial charge in [-0.1, -0.05) is 0 Å². The second-order valence-corrected chi connectivity index (χ2v) is 3.70. The van der Waals surface area contributed by atoms with Crippen LogP contribution in [0.3, 0.4) is 0 Å². The Bertz CT molecular complexity index is 847. The van der Waals surface area contributed by atoms with Crippen molar-refractivity contribution in [3.63, 3.8) is 0 Å². The van der Waals surface area contributed by atoms with Gasteiger partial charge >= 0.3 is 0 Å². The van der Waals surface area contributed by atoms with Crippen LogP contribution in [0.2, 0.25) is 0 Å². The molecule has 80 valence electrons. The highest BCUT2D eigenvalue weighted by Gasteiger charge is 2.10. The molecule has 0 radical (unpaired) electrons. The molecule has 5 heteroatoms. The first-order valence-corrected chi connectivity index (χ1v) is 5.17. The predicted molar refractivity (Wildman–Crippen MR) is 62.4 cm³/mol. The van der Waals surface area contributed by atoms with Gasteiger partial charge in [0, 0.05) is 12.4 Å². The molecule has 4 aromatic heterocycles. The topological polar surface area (TPSA) is 64.7 Å². The van der Waals surface area contributed by atoms with Gasteiger partial charge in [0.2, 0.25) is 5.71 Å². The maximum Gasteiger partial charge on any atom is 0.247 e. The molecule has 0 saturated heterocycles. The van der Waals surface area contributed by atoms with Crippen molar-refractivity contribution in [1.82, 2.24) is 19.9 Å². The molecule has 0 saturated carbocycles. The van der Waals surface area contributed by atoms with Crippen LogP contribution in [0.4, 0.5) is 0 Å². The Balaban J connectivity index is 2.28. The van der Waals surface area contributed by atoms with E-state index in [0.717, 1.165) is 16.4 Å². The quantitative estimate of drug-likeness (QED) is 0.456. The van der Waals surface area contributed by atoms with Crippen LogP contribution < -0.4 is 0 Å². The van der Waals surface area contributed by atoms with Crippen molar-refractivity contribution in [1.29, 1.82) is 0 Å². The van der Waals surface area contributed by atoms with Gasteiger partial charge in [-0.2, -0.15) is 0 Å². The summed E-state index contributed by atoms with van der Waals surface area (Å²) in [6, 6.07) is 5.55. The third kappa shape index (κ3) is 1.13. The minimum absolute atomic E-state index is 0.522. The van der Waals surface area contributed by atoms with Crippen LogP contribution in [-0.2, 0) is 0 Å². The van der Waals surface area contributed by atoms with Crippen LogP contribution in [0, 0.1) is 0 Å². The summed E-state index contributed by atoms with van der Waals surface area (Å²) in [5, 5.41) is 0.912. The van der Waals surface area contributed by atoms with Gasteiger partial charge < -0.3 is 4.42 Å². The Labute approximate surface area is 95.1 Å². The smallest absolute Gasteiger partial charge is 0.247 e. The van der Waals surface area contributed by atoms with Gasteiger partial charge in [0.15, 0.2) is 11.2 Å². The summed E-state index contributed by atoms with van der Waals surface area (Å²) in [7, 11) is 0. The van der Waals surface area contributed by atoms with Crippen LogP contribution in [0.15, 0.2) is 41.2 Å². The van der Waals surface area contributed by atoms with Crippen LogP contribution in [-0.4, -0.2) is 19.9 Å². The Morgan fingerprint density at radius 1 is 1.06 bits per heavy atom. The van der Waals surface area contributed by atoms with Gasteiger partial charge in [-0.05, 0) is 18.2 Å². The Morgan fingerprint density at radius 3 is 3.06 bits per heavy atom. The van der Waals surface area contributed by atoms with Crippen molar-refractivity contribution in [2.75, 3.05) is 0 Å². The second kappa shape index (κ2) is 2.98. The van der Waals surface area contributed by atoms with E-state index in [4.69, 9.17) is 4.42 Å². The maximum absolute atomic E-state index is 5.60. The molecule has 0 aliphatic carbocycles. The van der Waals surface area contributed by atoms with Gasteiger partial charge in [0.1, 0.15) is 11.0 Å². The molecule has 0 fully saturated rings. The molecule has 0 bridgehead atoms. The van der Waals surface area contributed by atoms with Crippen molar-refractivity contribution in [2.24, 2.45) is 0 Å². The maximum atomic E-state index is 5.60.